The zero-order valence-corrected chi connectivity index (χ0v) is 14.5. The minimum atomic E-state index is -2.89. The van der Waals surface area contributed by atoms with Crippen LogP contribution >= 0.6 is 0 Å². The molecule has 0 unspecified atom stereocenters. The van der Waals surface area contributed by atoms with Gasteiger partial charge in [0.05, 0.1) is 16.9 Å². The van der Waals surface area contributed by atoms with Crippen LogP contribution in [0.4, 0.5) is 0 Å². The van der Waals surface area contributed by atoms with Crippen molar-refractivity contribution in [3.63, 3.8) is 0 Å². The molecule has 0 radical (unpaired) electrons. The Labute approximate surface area is 138 Å². The average molecular weight is 335 g/mol. The number of aryl methyl sites for hydroxylation is 1. The van der Waals surface area contributed by atoms with Gasteiger partial charge >= 0.3 is 0 Å². The SMILES string of the molecule is Cc1cccc(C2(C(=O)NC[C@@H]3CCS(=O)(=O)C3)CCCC2)c1. The number of rotatable bonds is 4. The lowest BCUT2D eigenvalue weighted by Gasteiger charge is -2.29. The average Bonchev–Trinajstić information content (AvgIpc) is 3.12. The molecule has 0 aromatic heterocycles. The van der Waals surface area contributed by atoms with E-state index in [0.29, 0.717) is 13.0 Å². The van der Waals surface area contributed by atoms with Crippen LogP contribution in [0.25, 0.3) is 0 Å². The summed E-state index contributed by atoms with van der Waals surface area (Å²) in [5.74, 6) is 0.617. The molecule has 4 nitrogen and oxygen atoms in total. The number of carbonyl (C=O) groups excluding carboxylic acids is 1. The summed E-state index contributed by atoms with van der Waals surface area (Å²) < 4.78 is 23.1. The van der Waals surface area contributed by atoms with Gasteiger partial charge in [0, 0.05) is 6.54 Å². The normalized spacial score (nSPS) is 25.3. The molecule has 1 aromatic rings. The highest BCUT2D eigenvalue weighted by molar-refractivity contribution is 7.91. The van der Waals surface area contributed by atoms with Gasteiger partial charge in [-0.05, 0) is 37.7 Å². The Morgan fingerprint density at radius 3 is 2.65 bits per heavy atom. The first-order chi connectivity index (χ1) is 10.9. The van der Waals surface area contributed by atoms with Gasteiger partial charge in [-0.1, -0.05) is 42.7 Å². The number of carbonyl (C=O) groups is 1. The second kappa shape index (κ2) is 6.27. The molecule has 1 N–H and O–H groups in total. The van der Waals surface area contributed by atoms with Gasteiger partial charge in [0.2, 0.25) is 5.91 Å². The molecular formula is C18H25NO3S. The maximum atomic E-state index is 12.9. The quantitative estimate of drug-likeness (QED) is 0.919. The van der Waals surface area contributed by atoms with Gasteiger partial charge in [-0.2, -0.15) is 0 Å². The van der Waals surface area contributed by atoms with Crippen molar-refractivity contribution in [2.75, 3.05) is 18.1 Å². The number of nitrogens with one attached hydrogen (secondary N) is 1. The third-order valence-electron chi connectivity index (χ3n) is 5.34. The van der Waals surface area contributed by atoms with E-state index in [1.54, 1.807) is 0 Å². The standard InChI is InChI=1S/C18H25NO3S/c1-14-5-4-6-16(11-14)18(8-2-3-9-18)17(20)19-12-15-7-10-23(21,22)13-15/h4-6,11,15H,2-3,7-10,12-13H2,1H3,(H,19,20)/t15-/m0/s1. The van der Waals surface area contributed by atoms with Crippen LogP contribution in [-0.2, 0) is 20.0 Å². The Hall–Kier alpha value is -1.36. The third kappa shape index (κ3) is 3.44. The summed E-state index contributed by atoms with van der Waals surface area (Å²) in [6.45, 7) is 2.53. The van der Waals surface area contributed by atoms with Crippen LogP contribution in [0.5, 0.6) is 0 Å². The molecule has 1 saturated carbocycles. The van der Waals surface area contributed by atoms with Gasteiger partial charge in [-0.15, -0.1) is 0 Å². The van der Waals surface area contributed by atoms with Crippen LogP contribution in [0, 0.1) is 12.8 Å². The highest BCUT2D eigenvalue weighted by Crippen LogP contribution is 2.41. The molecule has 5 heteroatoms. The van der Waals surface area contributed by atoms with Crippen LogP contribution in [0.3, 0.4) is 0 Å². The maximum Gasteiger partial charge on any atom is 0.230 e. The highest BCUT2D eigenvalue weighted by Gasteiger charge is 2.43. The zero-order valence-electron chi connectivity index (χ0n) is 13.7. The van der Waals surface area contributed by atoms with Crippen molar-refractivity contribution in [1.29, 1.82) is 0 Å². The summed E-state index contributed by atoms with van der Waals surface area (Å²) in [5.41, 5.74) is 1.85. The number of amides is 1. The lowest BCUT2D eigenvalue weighted by Crippen LogP contribution is -2.44. The van der Waals surface area contributed by atoms with Crippen molar-refractivity contribution in [3.8, 4) is 0 Å². The minimum Gasteiger partial charge on any atom is -0.355 e. The summed E-state index contributed by atoms with van der Waals surface area (Å²) in [7, 11) is -2.89. The molecule has 1 aliphatic carbocycles. The number of benzene rings is 1. The summed E-state index contributed by atoms with van der Waals surface area (Å²) in [6.07, 6.45) is 4.56. The molecule has 1 aliphatic heterocycles. The monoisotopic (exact) mass is 335 g/mol. The van der Waals surface area contributed by atoms with Gasteiger partial charge < -0.3 is 5.32 Å². The Bertz CT molecular complexity index is 690. The largest absolute Gasteiger partial charge is 0.355 e. The van der Waals surface area contributed by atoms with Gasteiger partial charge in [-0.3, -0.25) is 4.79 Å². The molecule has 1 heterocycles. The first kappa shape index (κ1) is 16.5. The first-order valence-electron chi connectivity index (χ1n) is 8.47. The van der Waals surface area contributed by atoms with Gasteiger partial charge in [0.1, 0.15) is 0 Å². The van der Waals surface area contributed by atoms with Crippen molar-refractivity contribution in [2.45, 2.75) is 44.4 Å². The summed E-state index contributed by atoms with van der Waals surface area (Å²) in [4.78, 5) is 12.9. The Morgan fingerprint density at radius 2 is 2.04 bits per heavy atom. The van der Waals surface area contributed by atoms with E-state index in [1.807, 2.05) is 19.1 Å². The van der Waals surface area contributed by atoms with E-state index in [2.05, 4.69) is 17.4 Å². The third-order valence-corrected chi connectivity index (χ3v) is 7.18. The minimum absolute atomic E-state index is 0.0694. The molecular weight excluding hydrogens is 310 g/mol. The highest BCUT2D eigenvalue weighted by atomic mass is 32.2. The van der Waals surface area contributed by atoms with Gasteiger partial charge in [-0.25, -0.2) is 8.42 Å². The van der Waals surface area contributed by atoms with Crippen molar-refractivity contribution < 1.29 is 13.2 Å². The van der Waals surface area contributed by atoms with Crippen LogP contribution in [0.2, 0.25) is 0 Å². The Balaban J connectivity index is 1.72. The molecule has 23 heavy (non-hydrogen) atoms. The van der Waals surface area contributed by atoms with Crippen LogP contribution in [0.15, 0.2) is 24.3 Å². The first-order valence-corrected chi connectivity index (χ1v) is 10.3. The number of hydrogen-bond acceptors (Lipinski definition) is 3. The van der Waals surface area contributed by atoms with E-state index in [0.717, 1.165) is 31.2 Å². The molecule has 1 saturated heterocycles. The smallest absolute Gasteiger partial charge is 0.230 e. The second-order valence-electron chi connectivity index (χ2n) is 7.14. The maximum absolute atomic E-state index is 12.9. The van der Waals surface area contributed by atoms with Crippen LogP contribution in [0.1, 0.15) is 43.2 Å². The molecule has 3 rings (SSSR count). The predicted octanol–water partition coefficient (Wildman–Crippen LogP) is 2.36. The number of sulfone groups is 1. The van der Waals surface area contributed by atoms with E-state index in [9.17, 15) is 13.2 Å². The van der Waals surface area contributed by atoms with E-state index >= 15 is 0 Å². The van der Waals surface area contributed by atoms with E-state index in [1.165, 1.54) is 5.56 Å². The molecule has 2 aliphatic rings. The zero-order chi connectivity index (χ0) is 16.5. The fourth-order valence-electron chi connectivity index (χ4n) is 4.01. The number of hydrogen-bond donors (Lipinski definition) is 1. The molecule has 1 atom stereocenters. The van der Waals surface area contributed by atoms with E-state index < -0.39 is 15.3 Å². The van der Waals surface area contributed by atoms with Gasteiger partial charge in [0.25, 0.3) is 0 Å². The molecule has 126 valence electrons. The predicted molar refractivity (Wildman–Crippen MR) is 91.1 cm³/mol. The van der Waals surface area contributed by atoms with Crippen molar-refractivity contribution in [3.05, 3.63) is 35.4 Å². The molecule has 2 fully saturated rings. The van der Waals surface area contributed by atoms with Crippen molar-refractivity contribution in [1.82, 2.24) is 5.32 Å². The lowest BCUT2D eigenvalue weighted by atomic mass is 9.77. The van der Waals surface area contributed by atoms with Crippen molar-refractivity contribution >= 4 is 15.7 Å². The lowest BCUT2D eigenvalue weighted by molar-refractivity contribution is -0.126. The van der Waals surface area contributed by atoms with Gasteiger partial charge in [0.15, 0.2) is 9.84 Å². The van der Waals surface area contributed by atoms with E-state index in [4.69, 9.17) is 0 Å². The second-order valence-corrected chi connectivity index (χ2v) is 9.37. The molecule has 0 bridgehead atoms. The fourth-order valence-corrected chi connectivity index (χ4v) is 5.87. The van der Waals surface area contributed by atoms with Crippen LogP contribution < -0.4 is 5.32 Å². The summed E-state index contributed by atoms with van der Waals surface area (Å²) in [6, 6.07) is 8.23. The molecule has 0 spiro atoms. The van der Waals surface area contributed by atoms with Crippen molar-refractivity contribution in [2.24, 2.45) is 5.92 Å². The molecule has 1 aromatic carbocycles. The fraction of sp³-hybridized carbons (Fsp3) is 0.611. The topological polar surface area (TPSA) is 63.2 Å². The summed E-state index contributed by atoms with van der Waals surface area (Å²) >= 11 is 0. The Morgan fingerprint density at radius 1 is 1.30 bits per heavy atom. The Kier molecular flexibility index (Phi) is 4.50. The van der Waals surface area contributed by atoms with E-state index in [-0.39, 0.29) is 23.3 Å². The summed E-state index contributed by atoms with van der Waals surface area (Å²) in [5, 5.41) is 3.06. The molecule has 1 amide bonds. The van der Waals surface area contributed by atoms with Crippen LogP contribution in [-0.4, -0.2) is 32.4 Å².